The second-order valence-corrected chi connectivity index (χ2v) is 9.84. The number of hydrogen-bond acceptors (Lipinski definition) is 5. The van der Waals surface area contributed by atoms with Crippen molar-refractivity contribution < 1.29 is 24.2 Å². The van der Waals surface area contributed by atoms with Crippen molar-refractivity contribution in [2.75, 3.05) is 11.5 Å². The number of carbonyl (C=O) groups is 2. The first kappa shape index (κ1) is 27.0. The van der Waals surface area contributed by atoms with Gasteiger partial charge in [-0.1, -0.05) is 60.1 Å². The van der Waals surface area contributed by atoms with E-state index >= 15 is 0 Å². The van der Waals surface area contributed by atoms with Crippen molar-refractivity contribution in [3.05, 3.63) is 130 Å². The predicted molar refractivity (Wildman–Crippen MR) is 156 cm³/mol. The van der Waals surface area contributed by atoms with Gasteiger partial charge in [0.05, 0.1) is 18.2 Å². The summed E-state index contributed by atoms with van der Waals surface area (Å²) in [5.74, 6) is -0.559. The molecule has 202 valence electrons. The average molecular weight is 554 g/mol. The highest BCUT2D eigenvalue weighted by Gasteiger charge is 2.47. The predicted octanol–water partition coefficient (Wildman–Crippen LogP) is 7.25. The van der Waals surface area contributed by atoms with Gasteiger partial charge in [-0.15, -0.1) is 0 Å². The van der Waals surface area contributed by atoms with Crippen molar-refractivity contribution in [3.63, 3.8) is 0 Å². The first-order valence-corrected chi connectivity index (χ1v) is 13.3. The van der Waals surface area contributed by atoms with E-state index in [0.717, 1.165) is 11.1 Å². The van der Waals surface area contributed by atoms with E-state index in [9.17, 15) is 14.7 Å². The fourth-order valence-electron chi connectivity index (χ4n) is 4.80. The minimum Gasteiger partial charge on any atom is -0.507 e. The van der Waals surface area contributed by atoms with Crippen molar-refractivity contribution in [1.82, 2.24) is 0 Å². The normalized spacial score (nSPS) is 16.3. The van der Waals surface area contributed by atoms with Crippen LogP contribution in [0.25, 0.3) is 5.76 Å². The second kappa shape index (κ2) is 11.7. The van der Waals surface area contributed by atoms with Crippen LogP contribution in [0.2, 0.25) is 5.02 Å². The zero-order chi connectivity index (χ0) is 28.2. The molecule has 0 bridgehead atoms. The fourth-order valence-corrected chi connectivity index (χ4v) is 4.92. The first-order valence-electron chi connectivity index (χ1n) is 12.9. The maximum absolute atomic E-state index is 13.5. The summed E-state index contributed by atoms with van der Waals surface area (Å²) in [6.45, 7) is 4.58. The summed E-state index contributed by atoms with van der Waals surface area (Å²) in [4.78, 5) is 28.3. The number of ketones is 1. The third-order valence-electron chi connectivity index (χ3n) is 6.72. The highest BCUT2D eigenvalue weighted by Crippen LogP contribution is 2.43. The number of benzene rings is 4. The van der Waals surface area contributed by atoms with Crippen LogP contribution in [0.1, 0.15) is 35.2 Å². The van der Waals surface area contributed by atoms with Crippen LogP contribution < -0.4 is 14.4 Å². The standard InChI is InChI=1S/C33H28ClNO5/c1-3-39-27-11-7-10-26(19-27)35-30(23-12-15-25(34)16-13-23)29(32(37)33(35)38)31(36)24-14-17-28(21(2)18-24)40-20-22-8-5-4-6-9-22/h4-19,30,36H,3,20H2,1-2H3/b31-29+. The Labute approximate surface area is 238 Å². The molecule has 0 spiro atoms. The topological polar surface area (TPSA) is 76.1 Å². The molecule has 1 N–H and O–H groups in total. The number of ether oxygens (including phenoxy) is 2. The van der Waals surface area contributed by atoms with Crippen LogP contribution in [-0.2, 0) is 16.2 Å². The number of anilines is 1. The minimum absolute atomic E-state index is 0.00788. The van der Waals surface area contributed by atoms with E-state index in [-0.39, 0.29) is 11.3 Å². The Bertz CT molecular complexity index is 1580. The lowest BCUT2D eigenvalue weighted by Gasteiger charge is -2.26. The highest BCUT2D eigenvalue weighted by atomic mass is 35.5. The average Bonchev–Trinajstić information content (AvgIpc) is 3.23. The number of aliphatic hydroxyl groups is 1. The van der Waals surface area contributed by atoms with Crippen LogP contribution >= 0.6 is 11.6 Å². The maximum Gasteiger partial charge on any atom is 0.300 e. The van der Waals surface area contributed by atoms with Gasteiger partial charge in [-0.3, -0.25) is 14.5 Å². The minimum atomic E-state index is -0.872. The van der Waals surface area contributed by atoms with Crippen molar-refractivity contribution in [1.29, 1.82) is 0 Å². The molecule has 1 aliphatic heterocycles. The molecule has 6 nitrogen and oxygen atoms in total. The zero-order valence-electron chi connectivity index (χ0n) is 22.1. The summed E-state index contributed by atoms with van der Waals surface area (Å²) >= 11 is 6.14. The van der Waals surface area contributed by atoms with Crippen LogP contribution in [0.5, 0.6) is 11.5 Å². The molecule has 0 aliphatic carbocycles. The van der Waals surface area contributed by atoms with Crippen LogP contribution in [0.4, 0.5) is 5.69 Å². The fraction of sp³-hybridized carbons (Fsp3) is 0.152. The highest BCUT2D eigenvalue weighted by molar-refractivity contribution is 6.51. The van der Waals surface area contributed by atoms with Gasteiger partial charge >= 0.3 is 0 Å². The number of nitrogens with zero attached hydrogens (tertiary/aromatic N) is 1. The van der Waals surface area contributed by atoms with Gasteiger partial charge in [-0.25, -0.2) is 0 Å². The smallest absolute Gasteiger partial charge is 0.300 e. The van der Waals surface area contributed by atoms with Gasteiger partial charge in [0.1, 0.15) is 23.9 Å². The summed E-state index contributed by atoms with van der Waals surface area (Å²) in [6.07, 6.45) is 0. The van der Waals surface area contributed by atoms with Crippen molar-refractivity contribution in [2.24, 2.45) is 0 Å². The molecule has 0 aromatic heterocycles. The zero-order valence-corrected chi connectivity index (χ0v) is 22.9. The van der Waals surface area contributed by atoms with Crippen LogP contribution in [0, 0.1) is 6.92 Å². The number of aryl methyl sites for hydroxylation is 1. The molecular formula is C33H28ClNO5. The summed E-state index contributed by atoms with van der Waals surface area (Å²) in [7, 11) is 0. The van der Waals surface area contributed by atoms with E-state index < -0.39 is 17.7 Å². The van der Waals surface area contributed by atoms with Gasteiger partial charge < -0.3 is 14.6 Å². The lowest BCUT2D eigenvalue weighted by molar-refractivity contribution is -0.132. The third kappa shape index (κ3) is 5.44. The Hall–Kier alpha value is -4.55. The Morgan fingerprint density at radius 3 is 2.35 bits per heavy atom. The van der Waals surface area contributed by atoms with Gasteiger partial charge in [0.15, 0.2) is 0 Å². The van der Waals surface area contributed by atoms with E-state index in [1.807, 2.05) is 44.2 Å². The van der Waals surface area contributed by atoms with E-state index in [2.05, 4.69) is 0 Å². The number of Topliss-reactive ketones (excluding diaryl/α,β-unsaturated/α-hetero) is 1. The summed E-state index contributed by atoms with van der Waals surface area (Å²) in [5.41, 5.74) is 3.32. The number of amides is 1. The maximum atomic E-state index is 13.5. The molecule has 1 heterocycles. The Morgan fingerprint density at radius 1 is 0.900 bits per heavy atom. The van der Waals surface area contributed by atoms with Gasteiger partial charge in [0, 0.05) is 22.3 Å². The molecule has 1 aliphatic rings. The van der Waals surface area contributed by atoms with Crippen molar-refractivity contribution in [3.8, 4) is 11.5 Å². The Balaban J connectivity index is 1.56. The Morgan fingerprint density at radius 2 is 1.65 bits per heavy atom. The molecule has 4 aromatic rings. The van der Waals surface area contributed by atoms with E-state index in [1.165, 1.54) is 4.90 Å². The number of rotatable bonds is 8. The molecule has 1 saturated heterocycles. The lowest BCUT2D eigenvalue weighted by atomic mass is 9.94. The monoisotopic (exact) mass is 553 g/mol. The number of aliphatic hydroxyl groups excluding tert-OH is 1. The van der Waals surface area contributed by atoms with Crippen molar-refractivity contribution in [2.45, 2.75) is 26.5 Å². The molecule has 4 aromatic carbocycles. The number of carbonyl (C=O) groups excluding carboxylic acids is 2. The number of hydrogen-bond donors (Lipinski definition) is 1. The van der Waals surface area contributed by atoms with Crippen LogP contribution in [0.3, 0.4) is 0 Å². The molecule has 5 rings (SSSR count). The van der Waals surface area contributed by atoms with Crippen molar-refractivity contribution >= 4 is 34.7 Å². The molecule has 0 saturated carbocycles. The molecule has 0 radical (unpaired) electrons. The molecular weight excluding hydrogens is 526 g/mol. The molecule has 1 amide bonds. The quantitative estimate of drug-likeness (QED) is 0.141. The SMILES string of the molecule is CCOc1cccc(N2C(=O)C(=O)/C(=C(/O)c3ccc(OCc4ccccc4)c(C)c3)C2c2ccc(Cl)cc2)c1. The van der Waals surface area contributed by atoms with E-state index in [4.69, 9.17) is 21.1 Å². The second-order valence-electron chi connectivity index (χ2n) is 9.41. The van der Waals surface area contributed by atoms with Gasteiger partial charge in [-0.05, 0) is 73.0 Å². The molecule has 1 unspecified atom stereocenters. The van der Waals surface area contributed by atoms with E-state index in [1.54, 1.807) is 66.7 Å². The summed E-state index contributed by atoms with van der Waals surface area (Å²) in [5, 5.41) is 12.0. The largest absolute Gasteiger partial charge is 0.507 e. The van der Waals surface area contributed by atoms with Gasteiger partial charge in [0.2, 0.25) is 0 Å². The third-order valence-corrected chi connectivity index (χ3v) is 6.97. The van der Waals surface area contributed by atoms with Crippen LogP contribution in [0.15, 0.2) is 103 Å². The molecule has 40 heavy (non-hydrogen) atoms. The van der Waals surface area contributed by atoms with Gasteiger partial charge in [-0.2, -0.15) is 0 Å². The summed E-state index contributed by atoms with van der Waals surface area (Å²) in [6, 6.07) is 28.0. The van der Waals surface area contributed by atoms with Gasteiger partial charge in [0.25, 0.3) is 11.7 Å². The van der Waals surface area contributed by atoms with E-state index in [0.29, 0.717) is 46.5 Å². The lowest BCUT2D eigenvalue weighted by Crippen LogP contribution is -2.29. The molecule has 1 fully saturated rings. The number of halogens is 1. The molecule has 7 heteroatoms. The summed E-state index contributed by atoms with van der Waals surface area (Å²) < 4.78 is 11.6. The Kier molecular flexibility index (Phi) is 7.89. The van der Waals surface area contributed by atoms with Crippen LogP contribution in [-0.4, -0.2) is 23.4 Å². The molecule has 1 atom stereocenters. The first-order chi connectivity index (χ1) is 19.4.